The predicted octanol–water partition coefficient (Wildman–Crippen LogP) is 15.9. The maximum absolute atomic E-state index is 13.3. The van der Waals surface area contributed by atoms with Crippen molar-refractivity contribution in [3.63, 3.8) is 0 Å². The van der Waals surface area contributed by atoms with Crippen LogP contribution in [0.1, 0.15) is 165 Å². The van der Waals surface area contributed by atoms with E-state index in [1.165, 1.54) is 32.5 Å². The van der Waals surface area contributed by atoms with E-state index in [1.54, 1.807) is 54.3 Å². The minimum atomic E-state index is -2.64. The van der Waals surface area contributed by atoms with Crippen molar-refractivity contribution in [2.75, 3.05) is 25.2 Å². The summed E-state index contributed by atoms with van der Waals surface area (Å²) < 4.78 is 71.4. The Balaban J connectivity index is 0.000000119. The fourth-order valence-electron chi connectivity index (χ4n) is 17.2. The summed E-state index contributed by atoms with van der Waals surface area (Å²) in [4.78, 5) is 91.3. The first-order valence-electron chi connectivity index (χ1n) is 42.3. The first kappa shape index (κ1) is 86.4. The van der Waals surface area contributed by atoms with Crippen LogP contribution in [0.25, 0.3) is 77.1 Å². The standard InChI is InChI=1S/C24H24N6O.C22H27F2N7O2S.C22H20F2N6OS.C22H22N6OS/c1-16-7-6-10-20(26-16)19-15-25-29(2)23(19)21(31)13-17-11-12-30-22(14-17)27-24(28-30)18-8-4-3-5-9-18;1-29-19(15(10-25-29)21-26-16(12-34-21)20(23)24)17(32)8-13-5-7-31-18(9-13)27-22(28-31)30-6-3-4-14(30)11-33-2;1-29-19(15(11-25-29)22-26-16(12-32-22)20(23)24)17(31)9-13-7-8-30-18(10-13)27-21(28-30)14-5-3-2-4-6-14;1-14-13-30-22(24-14)17-12-23-27(2)20(17)18(29)10-15-8-9-28-19(11-15)25-21(26-28)16-6-4-3-5-7-16/h3-10,15,17H,11-14H2,1-2H3;10,12-14,20H,3-9,11H2,1-2H3;2-6,11-13,20H,7-10H2,1H3;3-7,12-13,15H,8-11H2,1-2H3/t;13?,14-;;/m.1../s1. The van der Waals surface area contributed by atoms with Crippen LogP contribution in [0.5, 0.6) is 0 Å². The van der Waals surface area contributed by atoms with E-state index >= 15 is 0 Å². The minimum absolute atomic E-state index is 0.0679. The second-order valence-corrected chi connectivity index (χ2v) is 35.2. The molecule has 5 aliphatic rings. The molecule has 4 unspecified atom stereocenters. The van der Waals surface area contributed by atoms with Crippen molar-refractivity contribution < 1.29 is 41.5 Å². The largest absolute Gasteiger partial charge is 0.383 e. The number of carbonyl (C=O) groups excluding carboxylic acids is 4. The molecular formula is C90H93F4N25O5S3. The smallest absolute Gasteiger partial charge is 0.281 e. The molecule has 0 saturated carbocycles. The lowest BCUT2D eigenvalue weighted by Gasteiger charge is -2.22. The van der Waals surface area contributed by atoms with Gasteiger partial charge in [0.2, 0.25) is 5.95 Å². The molecule has 654 valence electrons. The highest BCUT2D eigenvalue weighted by molar-refractivity contribution is 7.13. The van der Waals surface area contributed by atoms with Gasteiger partial charge in [-0.05, 0) is 88.2 Å². The lowest BCUT2D eigenvalue weighted by atomic mass is 9.91. The third-order valence-corrected chi connectivity index (χ3v) is 26.4. The molecule has 5 aliphatic heterocycles. The van der Waals surface area contributed by atoms with E-state index in [2.05, 4.69) is 65.5 Å². The van der Waals surface area contributed by atoms with E-state index in [1.807, 2.05) is 161 Å². The third kappa shape index (κ3) is 19.3. The number of methoxy groups -OCH3 is 1. The highest BCUT2D eigenvalue weighted by Gasteiger charge is 2.36. The first-order valence-corrected chi connectivity index (χ1v) is 45.0. The summed E-state index contributed by atoms with van der Waals surface area (Å²) in [7, 11) is 8.72. The average Bonchev–Trinajstić information content (AvgIpc) is 1.65. The number of aryl methyl sites for hydroxylation is 10. The number of hydrogen-bond donors (Lipinski definition) is 0. The number of ether oxygens (including phenoxy) is 1. The van der Waals surface area contributed by atoms with Gasteiger partial charge in [0.05, 0.1) is 59.8 Å². The van der Waals surface area contributed by atoms with Gasteiger partial charge in [-0.25, -0.2) is 66.2 Å². The van der Waals surface area contributed by atoms with Crippen molar-refractivity contribution in [3.8, 4) is 77.1 Å². The van der Waals surface area contributed by atoms with Gasteiger partial charge < -0.3 is 9.64 Å². The molecule has 0 radical (unpaired) electrons. The van der Waals surface area contributed by atoms with E-state index in [0.717, 1.165) is 184 Å². The molecule has 30 nitrogen and oxygen atoms in total. The molecule has 127 heavy (non-hydrogen) atoms. The van der Waals surface area contributed by atoms with Crippen LogP contribution in [0.15, 0.2) is 150 Å². The number of benzene rings is 3. The van der Waals surface area contributed by atoms with Gasteiger partial charge in [-0.1, -0.05) is 97.1 Å². The van der Waals surface area contributed by atoms with Crippen LogP contribution in [-0.4, -0.2) is 168 Å². The number of alkyl halides is 4. The number of carbonyl (C=O) groups is 4. The SMILES string of the molecule is COC[C@H]1CCCN1c1nc2n(n1)CCC(CC(=O)c1c(-c3nc(C(F)F)cs3)cnn1C)C2.Cc1cccc(-c2cnn(C)c2C(=O)CC2CCn3nc(-c4ccccc4)nc3C2)n1.Cc1csc(-c2cnn(C)c2C(=O)CC2CCn3nc(-c4ccccc4)nc3C2)n1.Cn1ncc(-c2nc(C(F)F)cs2)c1C(=O)CC1CCn2nc(-c3ccccc3)nc2C1. The molecule has 5 atom stereocenters. The van der Waals surface area contributed by atoms with Gasteiger partial charge in [-0.15, -0.1) is 39.1 Å². The topological polar surface area (TPSA) is 326 Å². The van der Waals surface area contributed by atoms with Crippen molar-refractivity contribution in [1.82, 2.24) is 118 Å². The molecule has 0 spiro atoms. The number of hydrogen-bond acceptors (Lipinski definition) is 25. The molecule has 17 heterocycles. The summed E-state index contributed by atoms with van der Waals surface area (Å²) in [6.45, 7) is 8.48. The quantitative estimate of drug-likeness (QED) is 0.0400. The number of rotatable bonds is 24. The fourth-order valence-corrected chi connectivity index (χ4v) is 19.7. The fraction of sp³-hybridized carbons (Fsp3) is 0.378. The number of aromatic nitrogens is 24. The van der Waals surface area contributed by atoms with Crippen LogP contribution in [0.2, 0.25) is 0 Å². The van der Waals surface area contributed by atoms with E-state index in [0.29, 0.717) is 114 Å². The average molecular weight is 1780 g/mol. The van der Waals surface area contributed by atoms with Gasteiger partial charge in [0, 0.05) is 169 Å². The molecule has 15 aromatic rings. The van der Waals surface area contributed by atoms with Gasteiger partial charge in [0.1, 0.15) is 72.5 Å². The Hall–Kier alpha value is -12.7. The Kier molecular flexibility index (Phi) is 26.0. The lowest BCUT2D eigenvalue weighted by molar-refractivity contribution is 0.0935. The molecule has 1 fully saturated rings. The number of nitrogens with zero attached hydrogens (tertiary/aromatic N) is 25. The summed E-state index contributed by atoms with van der Waals surface area (Å²) >= 11 is 3.74. The number of halogens is 4. The first-order chi connectivity index (χ1) is 61.6. The number of fused-ring (bicyclic) bond motifs is 4. The number of thiazole rings is 3. The number of pyridine rings is 1. The summed E-state index contributed by atoms with van der Waals surface area (Å²) in [5.74, 6) is 7.43. The van der Waals surface area contributed by atoms with Gasteiger partial charge in [-0.2, -0.15) is 40.7 Å². The third-order valence-electron chi connectivity index (χ3n) is 23.6. The van der Waals surface area contributed by atoms with Crippen LogP contribution in [-0.2, 0) is 84.8 Å². The van der Waals surface area contributed by atoms with Gasteiger partial charge in [0.25, 0.3) is 12.9 Å². The Morgan fingerprint density at radius 2 is 0.764 bits per heavy atom. The monoisotopic (exact) mass is 1780 g/mol. The molecule has 12 aromatic heterocycles. The van der Waals surface area contributed by atoms with Crippen LogP contribution >= 0.6 is 34.0 Å². The zero-order valence-corrected chi connectivity index (χ0v) is 73.5. The van der Waals surface area contributed by atoms with Crippen molar-refractivity contribution in [1.29, 1.82) is 0 Å². The summed E-state index contributed by atoms with van der Waals surface area (Å²) in [6.07, 6.45) is 11.3. The molecule has 1 saturated heterocycles. The van der Waals surface area contributed by atoms with E-state index < -0.39 is 12.9 Å². The molecule has 0 amide bonds. The summed E-state index contributed by atoms with van der Waals surface area (Å²) in [6, 6.07) is 36.0. The van der Waals surface area contributed by atoms with E-state index in [9.17, 15) is 36.7 Å². The lowest BCUT2D eigenvalue weighted by Crippen LogP contribution is -2.33. The highest BCUT2D eigenvalue weighted by atomic mass is 32.1. The zero-order valence-electron chi connectivity index (χ0n) is 71.1. The second kappa shape index (κ2) is 38.2. The number of Topliss-reactive ketones (excluding diaryl/α,β-unsaturated/α-hetero) is 4. The van der Waals surface area contributed by atoms with Gasteiger partial charge >= 0.3 is 0 Å². The normalized spacial score (nSPS) is 17.0. The maximum Gasteiger partial charge on any atom is 0.281 e. The zero-order chi connectivity index (χ0) is 88.1. The predicted molar refractivity (Wildman–Crippen MR) is 470 cm³/mol. The van der Waals surface area contributed by atoms with Crippen molar-refractivity contribution >= 4 is 63.1 Å². The van der Waals surface area contributed by atoms with Gasteiger partial charge in [-0.3, -0.25) is 42.9 Å². The van der Waals surface area contributed by atoms with Gasteiger partial charge in [0.15, 0.2) is 40.6 Å². The minimum Gasteiger partial charge on any atom is -0.383 e. The molecule has 0 aliphatic carbocycles. The van der Waals surface area contributed by atoms with Crippen molar-refractivity contribution in [2.45, 2.75) is 149 Å². The van der Waals surface area contributed by atoms with Crippen molar-refractivity contribution in [3.05, 3.63) is 219 Å². The molecule has 37 heteroatoms. The van der Waals surface area contributed by atoms with Crippen LogP contribution in [0.4, 0.5) is 23.5 Å². The van der Waals surface area contributed by atoms with E-state index in [4.69, 9.17) is 24.8 Å². The van der Waals surface area contributed by atoms with E-state index in [-0.39, 0.29) is 58.2 Å². The maximum atomic E-state index is 13.3. The molecule has 3 aromatic carbocycles. The number of anilines is 1. The Bertz CT molecular complexity index is 6410. The van der Waals surface area contributed by atoms with Crippen LogP contribution in [0.3, 0.4) is 0 Å². The summed E-state index contributed by atoms with van der Waals surface area (Å²) in [5, 5.41) is 41.9. The van der Waals surface area contributed by atoms with Crippen LogP contribution < -0.4 is 4.90 Å². The Morgan fingerprint density at radius 1 is 0.402 bits per heavy atom. The molecular weight excluding hydrogens is 1680 g/mol. The Labute approximate surface area is 740 Å². The Morgan fingerprint density at radius 3 is 1.13 bits per heavy atom. The summed E-state index contributed by atoms with van der Waals surface area (Å²) in [5.41, 5.74) is 9.78. The molecule has 0 bridgehead atoms. The van der Waals surface area contributed by atoms with Crippen LogP contribution in [0, 0.1) is 37.5 Å². The second-order valence-electron chi connectivity index (χ2n) is 32.6. The highest BCUT2D eigenvalue weighted by Crippen LogP contribution is 2.39. The number of ketones is 4. The van der Waals surface area contributed by atoms with Crippen molar-refractivity contribution in [2.24, 2.45) is 51.9 Å². The molecule has 20 rings (SSSR count). The molecule has 0 N–H and O–H groups in total.